The average Bonchev–Trinajstić information content (AvgIpc) is 2.52. The van der Waals surface area contributed by atoms with Crippen molar-refractivity contribution in [1.82, 2.24) is 15.2 Å². The van der Waals surface area contributed by atoms with Gasteiger partial charge in [-0.2, -0.15) is 0 Å². The van der Waals surface area contributed by atoms with Gasteiger partial charge in [0.05, 0.1) is 18.9 Å². The lowest BCUT2D eigenvalue weighted by molar-refractivity contribution is 0.0668. The van der Waals surface area contributed by atoms with Crippen LogP contribution in [-0.2, 0) is 0 Å². The van der Waals surface area contributed by atoms with E-state index in [0.717, 1.165) is 26.1 Å². The van der Waals surface area contributed by atoms with Crippen molar-refractivity contribution >= 4 is 5.91 Å². The Labute approximate surface area is 126 Å². The van der Waals surface area contributed by atoms with Gasteiger partial charge >= 0.3 is 0 Å². The number of nitrogens with one attached hydrogen (secondary N) is 1. The maximum atomic E-state index is 12.7. The summed E-state index contributed by atoms with van der Waals surface area (Å²) < 4.78 is 5.24. The van der Waals surface area contributed by atoms with Gasteiger partial charge in [-0.05, 0) is 31.4 Å². The maximum absolute atomic E-state index is 12.7. The van der Waals surface area contributed by atoms with E-state index < -0.39 is 0 Å². The first kappa shape index (κ1) is 15.8. The van der Waals surface area contributed by atoms with Gasteiger partial charge in [0, 0.05) is 25.3 Å². The number of aromatic nitrogens is 1. The van der Waals surface area contributed by atoms with E-state index in [-0.39, 0.29) is 5.91 Å². The van der Waals surface area contributed by atoms with Crippen LogP contribution in [0.4, 0.5) is 0 Å². The van der Waals surface area contributed by atoms with Gasteiger partial charge in [0.2, 0.25) is 0 Å². The summed E-state index contributed by atoms with van der Waals surface area (Å²) in [7, 11) is 1.57. The number of nitrogens with zero attached hydrogens (tertiary/aromatic N) is 2. The SMILES string of the molecule is COc1cnccc1C(=O)N1CCCC(CNC(C)C)C1. The number of carbonyl (C=O) groups is 1. The van der Waals surface area contributed by atoms with Crippen LogP contribution in [0, 0.1) is 5.92 Å². The largest absolute Gasteiger partial charge is 0.494 e. The Kier molecular flexibility index (Phi) is 5.56. The van der Waals surface area contributed by atoms with E-state index in [1.807, 2.05) is 4.90 Å². The van der Waals surface area contributed by atoms with Gasteiger partial charge in [-0.15, -0.1) is 0 Å². The lowest BCUT2D eigenvalue weighted by Crippen LogP contribution is -2.43. The third-order valence-corrected chi connectivity index (χ3v) is 3.86. The smallest absolute Gasteiger partial charge is 0.257 e. The minimum absolute atomic E-state index is 0.0449. The van der Waals surface area contributed by atoms with Crippen LogP contribution in [0.2, 0.25) is 0 Å². The fraction of sp³-hybridized carbons (Fsp3) is 0.625. The summed E-state index contributed by atoms with van der Waals surface area (Å²) in [6.07, 6.45) is 5.47. The molecular weight excluding hydrogens is 266 g/mol. The summed E-state index contributed by atoms with van der Waals surface area (Å²) in [6.45, 7) is 6.89. The molecular formula is C16H25N3O2. The lowest BCUT2D eigenvalue weighted by atomic mass is 9.97. The number of methoxy groups -OCH3 is 1. The Morgan fingerprint density at radius 1 is 1.57 bits per heavy atom. The minimum atomic E-state index is 0.0449. The topological polar surface area (TPSA) is 54.5 Å². The Balaban J connectivity index is 2.01. The lowest BCUT2D eigenvalue weighted by Gasteiger charge is -2.33. The van der Waals surface area contributed by atoms with Crippen LogP contribution in [0.5, 0.6) is 5.75 Å². The number of likely N-dealkylation sites (tertiary alicyclic amines) is 1. The van der Waals surface area contributed by atoms with E-state index in [4.69, 9.17) is 4.74 Å². The third-order valence-electron chi connectivity index (χ3n) is 3.86. The molecule has 0 radical (unpaired) electrons. The summed E-state index contributed by atoms with van der Waals surface area (Å²) >= 11 is 0. The molecule has 1 aliphatic heterocycles. The van der Waals surface area contributed by atoms with Gasteiger partial charge in [-0.3, -0.25) is 9.78 Å². The molecule has 0 aliphatic carbocycles. The van der Waals surface area contributed by atoms with Crippen molar-refractivity contribution in [2.45, 2.75) is 32.7 Å². The zero-order valence-electron chi connectivity index (χ0n) is 13.1. The van der Waals surface area contributed by atoms with Crippen LogP contribution in [0.1, 0.15) is 37.0 Å². The van der Waals surface area contributed by atoms with Gasteiger partial charge in [-0.1, -0.05) is 13.8 Å². The third kappa shape index (κ3) is 4.17. The zero-order valence-corrected chi connectivity index (χ0v) is 13.1. The van der Waals surface area contributed by atoms with Crippen molar-refractivity contribution in [2.75, 3.05) is 26.7 Å². The van der Waals surface area contributed by atoms with Gasteiger partial charge in [0.25, 0.3) is 5.91 Å². The van der Waals surface area contributed by atoms with Gasteiger partial charge < -0.3 is 15.0 Å². The molecule has 1 N–H and O–H groups in total. The molecule has 1 aromatic heterocycles. The average molecular weight is 291 g/mol. The highest BCUT2D eigenvalue weighted by molar-refractivity contribution is 5.96. The van der Waals surface area contributed by atoms with Crippen LogP contribution in [0.15, 0.2) is 18.5 Å². The van der Waals surface area contributed by atoms with Crippen molar-refractivity contribution in [3.63, 3.8) is 0 Å². The summed E-state index contributed by atoms with van der Waals surface area (Å²) in [5.41, 5.74) is 0.602. The van der Waals surface area contributed by atoms with Crippen LogP contribution in [0.3, 0.4) is 0 Å². The van der Waals surface area contributed by atoms with Crippen molar-refractivity contribution in [3.8, 4) is 5.75 Å². The molecule has 1 atom stereocenters. The van der Waals surface area contributed by atoms with E-state index >= 15 is 0 Å². The molecule has 2 heterocycles. The molecule has 5 heteroatoms. The second kappa shape index (κ2) is 7.41. The second-order valence-corrected chi connectivity index (χ2v) is 5.90. The number of hydrogen-bond acceptors (Lipinski definition) is 4. The molecule has 5 nitrogen and oxygen atoms in total. The van der Waals surface area contributed by atoms with Gasteiger partial charge in [0.15, 0.2) is 0 Å². The molecule has 0 spiro atoms. The fourth-order valence-corrected chi connectivity index (χ4v) is 2.71. The van der Waals surface area contributed by atoms with Gasteiger partial charge in [-0.25, -0.2) is 0 Å². The first-order chi connectivity index (χ1) is 10.1. The quantitative estimate of drug-likeness (QED) is 0.901. The predicted octanol–water partition coefficient (Wildman–Crippen LogP) is 1.94. The fourth-order valence-electron chi connectivity index (χ4n) is 2.71. The normalized spacial score (nSPS) is 18.9. The highest BCUT2D eigenvalue weighted by atomic mass is 16.5. The molecule has 1 aromatic rings. The van der Waals surface area contributed by atoms with Crippen molar-refractivity contribution in [1.29, 1.82) is 0 Å². The molecule has 1 fully saturated rings. The van der Waals surface area contributed by atoms with Crippen LogP contribution in [0.25, 0.3) is 0 Å². The number of rotatable bonds is 5. The number of pyridine rings is 1. The van der Waals surface area contributed by atoms with Crippen LogP contribution < -0.4 is 10.1 Å². The Bertz CT molecular complexity index is 476. The number of hydrogen-bond donors (Lipinski definition) is 1. The highest BCUT2D eigenvalue weighted by Crippen LogP contribution is 2.22. The predicted molar refractivity (Wildman–Crippen MR) is 82.6 cm³/mol. The molecule has 0 bridgehead atoms. The Morgan fingerprint density at radius 3 is 3.10 bits per heavy atom. The molecule has 1 amide bonds. The van der Waals surface area contributed by atoms with E-state index in [0.29, 0.717) is 23.3 Å². The molecule has 21 heavy (non-hydrogen) atoms. The van der Waals surface area contributed by atoms with Crippen molar-refractivity contribution in [3.05, 3.63) is 24.0 Å². The number of piperidine rings is 1. The van der Waals surface area contributed by atoms with E-state index in [1.54, 1.807) is 25.6 Å². The monoisotopic (exact) mass is 291 g/mol. The maximum Gasteiger partial charge on any atom is 0.257 e. The van der Waals surface area contributed by atoms with E-state index in [1.165, 1.54) is 6.42 Å². The van der Waals surface area contributed by atoms with Crippen LogP contribution in [-0.4, -0.2) is 48.6 Å². The summed E-state index contributed by atoms with van der Waals surface area (Å²) in [6, 6.07) is 2.22. The first-order valence-corrected chi connectivity index (χ1v) is 7.62. The molecule has 1 saturated heterocycles. The second-order valence-electron chi connectivity index (χ2n) is 5.90. The number of carbonyl (C=O) groups excluding carboxylic acids is 1. The minimum Gasteiger partial charge on any atom is -0.494 e. The van der Waals surface area contributed by atoms with E-state index in [9.17, 15) is 4.79 Å². The van der Waals surface area contributed by atoms with Crippen molar-refractivity contribution < 1.29 is 9.53 Å². The summed E-state index contributed by atoms with van der Waals surface area (Å²) in [5.74, 6) is 1.12. The van der Waals surface area contributed by atoms with Crippen molar-refractivity contribution in [2.24, 2.45) is 5.92 Å². The summed E-state index contributed by atoms with van der Waals surface area (Å²) in [4.78, 5) is 18.6. The molecule has 1 unspecified atom stereocenters. The highest BCUT2D eigenvalue weighted by Gasteiger charge is 2.26. The molecule has 2 rings (SSSR count). The Morgan fingerprint density at radius 2 is 2.38 bits per heavy atom. The number of ether oxygens (including phenoxy) is 1. The summed E-state index contributed by atoms with van der Waals surface area (Å²) in [5, 5.41) is 3.46. The first-order valence-electron chi connectivity index (χ1n) is 7.62. The Hall–Kier alpha value is -1.62. The standard InChI is InChI=1S/C16H25N3O2/c1-12(2)18-9-13-5-4-8-19(11-13)16(20)14-6-7-17-10-15(14)21-3/h6-7,10,12-13,18H,4-5,8-9,11H2,1-3H3. The zero-order chi connectivity index (χ0) is 15.2. The molecule has 116 valence electrons. The van der Waals surface area contributed by atoms with Crippen LogP contribution >= 0.6 is 0 Å². The molecule has 1 aliphatic rings. The number of amides is 1. The molecule has 0 aromatic carbocycles. The van der Waals surface area contributed by atoms with Gasteiger partial charge in [0.1, 0.15) is 5.75 Å². The molecule has 0 saturated carbocycles. The van der Waals surface area contributed by atoms with E-state index in [2.05, 4.69) is 24.1 Å².